The van der Waals surface area contributed by atoms with Crippen molar-refractivity contribution in [1.29, 1.82) is 0 Å². The highest BCUT2D eigenvalue weighted by Gasteiger charge is 2.17. The van der Waals surface area contributed by atoms with Gasteiger partial charge in [-0.2, -0.15) is 0 Å². The molecule has 2 aromatic carbocycles. The molecule has 3 heterocycles. The summed E-state index contributed by atoms with van der Waals surface area (Å²) in [6.07, 6.45) is 1.39. The maximum atomic E-state index is 12.8. The van der Waals surface area contributed by atoms with E-state index >= 15 is 0 Å². The van der Waals surface area contributed by atoms with Crippen LogP contribution in [0.25, 0.3) is 22.1 Å². The molecule has 8 heteroatoms. The first-order chi connectivity index (χ1) is 14.7. The summed E-state index contributed by atoms with van der Waals surface area (Å²) in [6, 6.07) is 15.0. The number of nitrogens with zero attached hydrogens (tertiary/aromatic N) is 3. The van der Waals surface area contributed by atoms with Gasteiger partial charge in [0.05, 0.1) is 30.9 Å². The zero-order chi connectivity index (χ0) is 20.5. The Kier molecular flexibility index (Phi) is 4.68. The number of nitrogens with one attached hydrogen (secondary N) is 1. The molecule has 0 atom stereocenters. The number of aromatic nitrogens is 2. The summed E-state index contributed by atoms with van der Waals surface area (Å²) in [7, 11) is 0. The van der Waals surface area contributed by atoms with Crippen molar-refractivity contribution in [1.82, 2.24) is 9.55 Å². The summed E-state index contributed by atoms with van der Waals surface area (Å²) in [5.41, 5.74) is 2.51. The number of para-hydroxylation sites is 3. The van der Waals surface area contributed by atoms with Crippen molar-refractivity contribution in [2.24, 2.45) is 0 Å². The van der Waals surface area contributed by atoms with E-state index in [0.29, 0.717) is 30.0 Å². The first-order valence-electron chi connectivity index (χ1n) is 9.79. The molecule has 1 aliphatic heterocycles. The molecule has 0 unspecified atom stereocenters. The Hall–Kier alpha value is -3.65. The second-order valence-electron chi connectivity index (χ2n) is 7.12. The van der Waals surface area contributed by atoms with Crippen molar-refractivity contribution < 1.29 is 13.9 Å². The number of benzene rings is 2. The first-order valence-corrected chi connectivity index (χ1v) is 9.79. The van der Waals surface area contributed by atoms with Gasteiger partial charge < -0.3 is 19.4 Å². The van der Waals surface area contributed by atoms with E-state index in [1.165, 1.54) is 10.9 Å². The van der Waals surface area contributed by atoms with Gasteiger partial charge in [-0.1, -0.05) is 24.3 Å². The molecular formula is C22H20N4O4. The molecular weight excluding hydrogens is 384 g/mol. The van der Waals surface area contributed by atoms with Crippen molar-refractivity contribution in [2.75, 3.05) is 36.5 Å². The lowest BCUT2D eigenvalue weighted by atomic mass is 10.2. The third-order valence-corrected chi connectivity index (χ3v) is 5.19. The van der Waals surface area contributed by atoms with Gasteiger partial charge in [-0.15, -0.1) is 0 Å². The molecule has 1 N–H and O–H groups in total. The third kappa shape index (κ3) is 3.31. The number of morpholine rings is 1. The fourth-order valence-electron chi connectivity index (χ4n) is 3.73. The van der Waals surface area contributed by atoms with Crippen molar-refractivity contribution in [3.63, 3.8) is 0 Å². The minimum Gasteiger partial charge on any atom is -0.448 e. The number of ether oxygens (including phenoxy) is 1. The Morgan fingerprint density at radius 2 is 1.83 bits per heavy atom. The number of carbonyl (C=O) groups is 1. The van der Waals surface area contributed by atoms with Crippen LogP contribution in [0.1, 0.15) is 0 Å². The summed E-state index contributed by atoms with van der Waals surface area (Å²) < 4.78 is 12.3. The van der Waals surface area contributed by atoms with Crippen LogP contribution in [0, 0.1) is 0 Å². The van der Waals surface area contributed by atoms with Gasteiger partial charge in [0.25, 0.3) is 5.56 Å². The Labute approximate surface area is 171 Å². The summed E-state index contributed by atoms with van der Waals surface area (Å²) in [5.74, 6) is -0.310. The van der Waals surface area contributed by atoms with Crippen molar-refractivity contribution in [3.05, 3.63) is 65.2 Å². The van der Waals surface area contributed by atoms with E-state index in [2.05, 4.69) is 15.2 Å². The standard InChI is InChI=1S/C22H20N4O4/c27-19(24-16-6-2-3-7-17(16)25-9-11-29-12-10-25)13-26-14-23-20-15-5-1-4-8-18(15)30-21(20)22(26)28/h1-8,14H,9-13H2,(H,24,27). The van der Waals surface area contributed by atoms with Crippen molar-refractivity contribution in [2.45, 2.75) is 6.54 Å². The van der Waals surface area contributed by atoms with Crippen LogP contribution in [0.3, 0.4) is 0 Å². The van der Waals surface area contributed by atoms with E-state index in [-0.39, 0.29) is 23.6 Å². The van der Waals surface area contributed by atoms with E-state index < -0.39 is 0 Å². The zero-order valence-corrected chi connectivity index (χ0v) is 16.2. The quantitative estimate of drug-likeness (QED) is 0.562. The fraction of sp³-hybridized carbons (Fsp3) is 0.227. The maximum absolute atomic E-state index is 12.8. The Morgan fingerprint density at radius 3 is 2.70 bits per heavy atom. The predicted molar refractivity (Wildman–Crippen MR) is 114 cm³/mol. The molecule has 5 rings (SSSR count). The lowest BCUT2D eigenvalue weighted by Crippen LogP contribution is -2.37. The highest BCUT2D eigenvalue weighted by molar-refractivity contribution is 6.02. The number of anilines is 2. The van der Waals surface area contributed by atoms with Crippen LogP contribution in [0.2, 0.25) is 0 Å². The van der Waals surface area contributed by atoms with E-state index in [0.717, 1.165) is 24.2 Å². The Morgan fingerprint density at radius 1 is 1.07 bits per heavy atom. The number of rotatable bonds is 4. The maximum Gasteiger partial charge on any atom is 0.297 e. The van der Waals surface area contributed by atoms with E-state index in [9.17, 15) is 9.59 Å². The molecule has 2 aromatic heterocycles. The number of furan rings is 1. The lowest BCUT2D eigenvalue weighted by Gasteiger charge is -2.30. The van der Waals surface area contributed by atoms with E-state index in [4.69, 9.17) is 9.15 Å². The van der Waals surface area contributed by atoms with Gasteiger partial charge in [-0.3, -0.25) is 14.2 Å². The van der Waals surface area contributed by atoms with Crippen molar-refractivity contribution in [3.8, 4) is 0 Å². The van der Waals surface area contributed by atoms with Crippen LogP contribution >= 0.6 is 0 Å². The van der Waals surface area contributed by atoms with Gasteiger partial charge >= 0.3 is 0 Å². The molecule has 152 valence electrons. The average Bonchev–Trinajstić information content (AvgIpc) is 3.16. The van der Waals surface area contributed by atoms with Crippen LogP contribution in [0.4, 0.5) is 11.4 Å². The highest BCUT2D eigenvalue weighted by atomic mass is 16.5. The predicted octanol–water partition coefficient (Wildman–Crippen LogP) is 2.62. The van der Waals surface area contributed by atoms with Gasteiger partial charge in [0.1, 0.15) is 17.6 Å². The third-order valence-electron chi connectivity index (χ3n) is 5.19. The number of amides is 1. The minimum absolute atomic E-state index is 0.153. The highest BCUT2D eigenvalue weighted by Crippen LogP contribution is 2.27. The number of hydrogen-bond donors (Lipinski definition) is 1. The molecule has 0 radical (unpaired) electrons. The summed E-state index contributed by atoms with van der Waals surface area (Å²) in [4.78, 5) is 32.1. The molecule has 0 aliphatic carbocycles. The Balaban J connectivity index is 1.40. The van der Waals surface area contributed by atoms with Crippen molar-refractivity contribution >= 4 is 39.4 Å². The molecule has 30 heavy (non-hydrogen) atoms. The topological polar surface area (TPSA) is 89.6 Å². The first kappa shape index (κ1) is 18.4. The molecule has 1 aliphatic rings. The molecule has 0 spiro atoms. The molecule has 0 bridgehead atoms. The molecule has 1 amide bonds. The van der Waals surface area contributed by atoms with Crippen LogP contribution in [-0.2, 0) is 16.1 Å². The summed E-state index contributed by atoms with van der Waals surface area (Å²) >= 11 is 0. The van der Waals surface area contributed by atoms with Gasteiger partial charge in [-0.05, 0) is 24.3 Å². The van der Waals surface area contributed by atoms with Crippen LogP contribution in [0.15, 0.2) is 64.1 Å². The lowest BCUT2D eigenvalue weighted by molar-refractivity contribution is -0.116. The molecule has 8 nitrogen and oxygen atoms in total. The molecule has 4 aromatic rings. The smallest absolute Gasteiger partial charge is 0.297 e. The van der Waals surface area contributed by atoms with Gasteiger partial charge in [0, 0.05) is 18.5 Å². The second kappa shape index (κ2) is 7.64. The number of fused-ring (bicyclic) bond motifs is 3. The SMILES string of the molecule is O=C(Cn1cnc2c(oc3ccccc32)c1=O)Nc1ccccc1N1CCOCC1. The van der Waals surface area contributed by atoms with Gasteiger partial charge in [0.2, 0.25) is 11.5 Å². The minimum atomic E-state index is -0.382. The zero-order valence-electron chi connectivity index (χ0n) is 16.2. The molecule has 0 saturated carbocycles. The largest absolute Gasteiger partial charge is 0.448 e. The summed E-state index contributed by atoms with van der Waals surface area (Å²) in [5, 5.41) is 3.70. The number of hydrogen-bond acceptors (Lipinski definition) is 6. The number of carbonyl (C=O) groups excluding carboxylic acids is 1. The van der Waals surface area contributed by atoms with Crippen LogP contribution in [0.5, 0.6) is 0 Å². The van der Waals surface area contributed by atoms with Gasteiger partial charge in [0.15, 0.2) is 0 Å². The normalized spacial score (nSPS) is 14.3. The summed E-state index contributed by atoms with van der Waals surface area (Å²) in [6.45, 7) is 2.68. The molecule has 1 saturated heterocycles. The average molecular weight is 404 g/mol. The van der Waals surface area contributed by atoms with Crippen LogP contribution in [-0.4, -0.2) is 41.8 Å². The Bertz CT molecular complexity index is 1290. The van der Waals surface area contributed by atoms with Gasteiger partial charge in [-0.25, -0.2) is 4.98 Å². The molecule has 1 fully saturated rings. The second-order valence-corrected chi connectivity index (χ2v) is 7.12. The fourth-order valence-corrected chi connectivity index (χ4v) is 3.73. The van der Waals surface area contributed by atoms with Crippen LogP contribution < -0.4 is 15.8 Å². The van der Waals surface area contributed by atoms with E-state index in [1.54, 1.807) is 6.07 Å². The monoisotopic (exact) mass is 404 g/mol. The van der Waals surface area contributed by atoms with E-state index in [1.807, 2.05) is 42.5 Å².